The maximum atomic E-state index is 8.27. The quantitative estimate of drug-likeness (QED) is 0.529. The van der Waals surface area contributed by atoms with E-state index in [1.807, 2.05) is 6.07 Å². The number of hydrogen-bond acceptors (Lipinski definition) is 3. The molecule has 0 aliphatic heterocycles. The second-order valence-electron chi connectivity index (χ2n) is 2.07. The van der Waals surface area contributed by atoms with E-state index in [0.717, 1.165) is 0 Å². The molecule has 2 N–H and O–H groups in total. The lowest BCUT2D eigenvalue weighted by Crippen LogP contribution is -1.91. The minimum absolute atomic E-state index is 0.307. The molecule has 4 heteroatoms. The van der Waals surface area contributed by atoms with Crippen LogP contribution in [0.5, 0.6) is 0 Å². The summed E-state index contributed by atoms with van der Waals surface area (Å²) in [5, 5.41) is 8.58. The fraction of sp³-hybridized carbons (Fsp3) is 0. The number of aromatic nitrogens is 1. The van der Waals surface area contributed by atoms with Crippen molar-refractivity contribution in [3.8, 4) is 6.07 Å². The summed E-state index contributed by atoms with van der Waals surface area (Å²) in [7, 11) is 0. The van der Waals surface area contributed by atoms with Gasteiger partial charge < -0.3 is 5.73 Å². The van der Waals surface area contributed by atoms with Gasteiger partial charge in [-0.3, -0.25) is 0 Å². The van der Waals surface area contributed by atoms with Crippen molar-refractivity contribution in [1.82, 2.24) is 4.98 Å². The molecule has 0 atom stereocenters. The second kappa shape index (κ2) is 3.74. The number of nitrogens with two attached hydrogens (primary N) is 1. The molecule has 0 unspecified atom stereocenters. The highest BCUT2D eigenvalue weighted by Gasteiger charge is 2.00. The highest BCUT2D eigenvalue weighted by molar-refractivity contribution is 6.31. The van der Waals surface area contributed by atoms with Crippen molar-refractivity contribution in [2.24, 2.45) is 0 Å². The van der Waals surface area contributed by atoms with E-state index in [2.05, 4.69) is 4.98 Å². The largest absolute Gasteiger partial charge is 0.398 e. The molecule has 0 radical (unpaired) electrons. The summed E-state index contributed by atoms with van der Waals surface area (Å²) in [5.41, 5.74) is 6.68. The zero-order valence-corrected chi connectivity index (χ0v) is 6.92. The third-order valence-corrected chi connectivity index (χ3v) is 1.60. The van der Waals surface area contributed by atoms with E-state index in [9.17, 15) is 0 Å². The molecule has 0 bridgehead atoms. The van der Waals surface area contributed by atoms with Gasteiger partial charge in [-0.1, -0.05) is 11.6 Å². The summed E-state index contributed by atoms with van der Waals surface area (Å²) < 4.78 is 0. The number of hydrogen-bond donors (Lipinski definition) is 1. The van der Waals surface area contributed by atoms with Gasteiger partial charge in [-0.15, -0.1) is 0 Å². The van der Waals surface area contributed by atoms with E-state index < -0.39 is 0 Å². The summed E-state index contributed by atoms with van der Waals surface area (Å²) in [5.74, 6) is 0. The van der Waals surface area contributed by atoms with Crippen molar-refractivity contribution >= 4 is 23.4 Å². The smallest absolute Gasteiger partial charge is 0.138 e. The van der Waals surface area contributed by atoms with Gasteiger partial charge in [-0.25, -0.2) is 4.98 Å². The lowest BCUT2D eigenvalue weighted by Gasteiger charge is -1.99. The first-order valence-electron chi connectivity index (χ1n) is 3.22. The zero-order chi connectivity index (χ0) is 8.97. The van der Waals surface area contributed by atoms with E-state index in [4.69, 9.17) is 22.6 Å². The van der Waals surface area contributed by atoms with E-state index in [0.29, 0.717) is 16.4 Å². The fourth-order valence-corrected chi connectivity index (χ4v) is 0.975. The Balaban J connectivity index is 3.15. The molecule has 0 spiro atoms. The van der Waals surface area contributed by atoms with E-state index >= 15 is 0 Å². The van der Waals surface area contributed by atoms with Crippen molar-refractivity contribution in [2.75, 3.05) is 5.73 Å². The van der Waals surface area contributed by atoms with Gasteiger partial charge in [0.2, 0.25) is 0 Å². The Bertz CT molecular complexity index is 332. The third kappa shape index (κ3) is 1.74. The van der Waals surface area contributed by atoms with Crippen LogP contribution in [0.4, 0.5) is 5.69 Å². The number of rotatable bonds is 1. The van der Waals surface area contributed by atoms with Crippen molar-refractivity contribution in [3.05, 3.63) is 29.1 Å². The van der Waals surface area contributed by atoms with Gasteiger partial charge in [0, 0.05) is 23.5 Å². The van der Waals surface area contributed by atoms with Crippen molar-refractivity contribution in [3.63, 3.8) is 0 Å². The molecule has 0 amide bonds. The van der Waals surface area contributed by atoms with Gasteiger partial charge in [0.15, 0.2) is 0 Å². The molecule has 3 nitrogen and oxygen atoms in total. The summed E-state index contributed by atoms with van der Waals surface area (Å²) in [6, 6.07) is 3.48. The number of halogens is 1. The molecule has 1 aromatic heterocycles. The first kappa shape index (κ1) is 8.57. The summed E-state index contributed by atoms with van der Waals surface area (Å²) in [6.45, 7) is 0. The third-order valence-electron chi connectivity index (χ3n) is 1.30. The molecule has 60 valence electrons. The number of allylic oxidation sites excluding steroid dienone is 1. The lowest BCUT2D eigenvalue weighted by molar-refractivity contribution is 1.32. The molecular formula is C8H6ClN3. The Hall–Kier alpha value is -1.53. The van der Waals surface area contributed by atoms with Crippen LogP contribution in [0.25, 0.3) is 6.08 Å². The molecule has 1 heterocycles. The first-order chi connectivity index (χ1) is 5.75. The molecule has 0 aliphatic rings. The summed E-state index contributed by atoms with van der Waals surface area (Å²) in [6.07, 6.45) is 4.35. The van der Waals surface area contributed by atoms with Gasteiger partial charge in [0.1, 0.15) is 5.15 Å². The molecule has 1 aromatic rings. The first-order valence-corrected chi connectivity index (χ1v) is 3.59. The van der Waals surface area contributed by atoms with Crippen molar-refractivity contribution in [1.29, 1.82) is 5.26 Å². The Morgan fingerprint density at radius 1 is 1.67 bits per heavy atom. The van der Waals surface area contributed by atoms with Crippen LogP contribution in [0, 0.1) is 11.3 Å². The number of pyridine rings is 1. The molecule has 1 rings (SSSR count). The SMILES string of the molecule is N#CC=Cc1c(N)ccnc1Cl. The predicted molar refractivity (Wildman–Crippen MR) is 48.3 cm³/mol. The van der Waals surface area contributed by atoms with Gasteiger partial charge >= 0.3 is 0 Å². The normalized spacial score (nSPS) is 10.0. The van der Waals surface area contributed by atoms with Gasteiger partial charge in [0.25, 0.3) is 0 Å². The van der Waals surface area contributed by atoms with Crippen LogP contribution in [0.15, 0.2) is 18.3 Å². The molecular weight excluding hydrogens is 174 g/mol. The standard InChI is InChI=1S/C8H6ClN3/c9-8-6(2-1-4-10)7(11)3-5-12-8/h1-3,5H,(H2,11,12). The van der Waals surface area contributed by atoms with Gasteiger partial charge in [-0.2, -0.15) is 5.26 Å². The maximum Gasteiger partial charge on any atom is 0.138 e. The minimum Gasteiger partial charge on any atom is -0.398 e. The van der Waals surface area contributed by atoms with E-state index in [1.54, 1.807) is 6.07 Å². The van der Waals surface area contributed by atoms with Crippen LogP contribution >= 0.6 is 11.6 Å². The molecule has 0 aromatic carbocycles. The highest BCUT2D eigenvalue weighted by Crippen LogP contribution is 2.20. The van der Waals surface area contributed by atoms with E-state index in [-0.39, 0.29) is 0 Å². The van der Waals surface area contributed by atoms with Crippen LogP contribution in [-0.2, 0) is 0 Å². The van der Waals surface area contributed by atoms with Gasteiger partial charge in [-0.05, 0) is 12.1 Å². The number of nitrogens with zero attached hydrogens (tertiary/aromatic N) is 2. The van der Waals surface area contributed by atoms with E-state index in [1.165, 1.54) is 18.3 Å². The monoisotopic (exact) mass is 179 g/mol. The average molecular weight is 180 g/mol. The Morgan fingerprint density at radius 3 is 3.00 bits per heavy atom. The fourth-order valence-electron chi connectivity index (χ4n) is 0.747. The molecule has 0 saturated heterocycles. The van der Waals surface area contributed by atoms with Crippen LogP contribution in [0.2, 0.25) is 5.15 Å². The van der Waals surface area contributed by atoms with Gasteiger partial charge in [0.05, 0.1) is 6.07 Å². The second-order valence-corrected chi connectivity index (χ2v) is 2.43. The predicted octanol–water partition coefficient (Wildman–Crippen LogP) is 1.85. The number of anilines is 1. The molecule has 0 aliphatic carbocycles. The Morgan fingerprint density at radius 2 is 2.42 bits per heavy atom. The zero-order valence-electron chi connectivity index (χ0n) is 6.16. The van der Waals surface area contributed by atoms with Crippen molar-refractivity contribution in [2.45, 2.75) is 0 Å². The van der Waals surface area contributed by atoms with Crippen LogP contribution in [-0.4, -0.2) is 4.98 Å². The maximum absolute atomic E-state index is 8.27. The summed E-state index contributed by atoms with van der Waals surface area (Å²) in [4.78, 5) is 3.82. The van der Waals surface area contributed by atoms with Crippen LogP contribution in [0.3, 0.4) is 0 Å². The Labute approximate surface area is 75.1 Å². The molecule has 0 fully saturated rings. The lowest BCUT2D eigenvalue weighted by atomic mass is 10.2. The molecule has 0 saturated carbocycles. The summed E-state index contributed by atoms with van der Waals surface area (Å²) >= 11 is 5.71. The van der Waals surface area contributed by atoms with Crippen LogP contribution in [0.1, 0.15) is 5.56 Å². The number of nitriles is 1. The topological polar surface area (TPSA) is 62.7 Å². The minimum atomic E-state index is 0.307. The average Bonchev–Trinajstić information content (AvgIpc) is 2.04. The Kier molecular flexibility index (Phi) is 2.67. The number of nitrogen functional groups attached to an aromatic ring is 1. The molecule has 12 heavy (non-hydrogen) atoms. The van der Waals surface area contributed by atoms with Crippen LogP contribution < -0.4 is 5.73 Å². The van der Waals surface area contributed by atoms with Crippen molar-refractivity contribution < 1.29 is 0 Å². The highest BCUT2D eigenvalue weighted by atomic mass is 35.5.